The molecule has 0 spiro atoms. The lowest BCUT2D eigenvalue weighted by Gasteiger charge is -2.42. The van der Waals surface area contributed by atoms with E-state index < -0.39 is 0 Å². The Balaban J connectivity index is 1.90. The first-order valence-corrected chi connectivity index (χ1v) is 10.1. The molecular formula is C24H33NO. The van der Waals surface area contributed by atoms with Crippen LogP contribution in [0.3, 0.4) is 0 Å². The molecule has 2 nitrogen and oxygen atoms in total. The van der Waals surface area contributed by atoms with Crippen LogP contribution >= 0.6 is 0 Å². The molecule has 1 heterocycles. The van der Waals surface area contributed by atoms with Gasteiger partial charge in [-0.2, -0.15) is 0 Å². The molecule has 0 bridgehead atoms. The number of pyridine rings is 1. The number of aromatic nitrogens is 1. The normalized spacial score (nSPS) is 25.6. The van der Waals surface area contributed by atoms with Crippen molar-refractivity contribution in [3.8, 4) is 0 Å². The lowest BCUT2D eigenvalue weighted by atomic mass is 9.63. The second-order valence-electron chi connectivity index (χ2n) is 9.44. The molecule has 1 aromatic rings. The summed E-state index contributed by atoms with van der Waals surface area (Å²) in [5.74, 6) is 1.80. The lowest BCUT2D eigenvalue weighted by molar-refractivity contribution is 0.103. The number of hydrogen-bond acceptors (Lipinski definition) is 2. The fourth-order valence-corrected chi connectivity index (χ4v) is 5.13. The van der Waals surface area contributed by atoms with Crippen molar-refractivity contribution in [3.63, 3.8) is 0 Å². The molecule has 140 valence electrons. The van der Waals surface area contributed by atoms with E-state index in [0.717, 1.165) is 29.2 Å². The maximum Gasteiger partial charge on any atom is 0.194 e. The first-order valence-electron chi connectivity index (χ1n) is 10.1. The highest BCUT2D eigenvalue weighted by Crippen LogP contribution is 2.49. The van der Waals surface area contributed by atoms with Gasteiger partial charge in [-0.15, -0.1) is 0 Å². The average Bonchev–Trinajstić information content (AvgIpc) is 2.94. The molecule has 0 N–H and O–H groups in total. The van der Waals surface area contributed by atoms with E-state index in [0.29, 0.717) is 11.3 Å². The lowest BCUT2D eigenvalue weighted by Crippen LogP contribution is -2.32. The van der Waals surface area contributed by atoms with Gasteiger partial charge in [-0.05, 0) is 61.5 Å². The molecule has 0 amide bonds. The van der Waals surface area contributed by atoms with Crippen LogP contribution < -0.4 is 0 Å². The van der Waals surface area contributed by atoms with Gasteiger partial charge < -0.3 is 0 Å². The van der Waals surface area contributed by atoms with Crippen LogP contribution in [0.5, 0.6) is 0 Å². The molecule has 2 aliphatic rings. The highest BCUT2D eigenvalue weighted by molar-refractivity contribution is 6.12. The molecule has 2 aliphatic carbocycles. The minimum atomic E-state index is 0.149. The monoisotopic (exact) mass is 351 g/mol. The number of allylic oxidation sites excluding steroid dienone is 4. The summed E-state index contributed by atoms with van der Waals surface area (Å²) in [7, 11) is 0. The van der Waals surface area contributed by atoms with Gasteiger partial charge in [0.05, 0.1) is 5.69 Å². The molecule has 2 atom stereocenters. The number of Topliss-reactive ketones (excluding diaryl/α,β-unsaturated/α-hetero) is 1. The van der Waals surface area contributed by atoms with Gasteiger partial charge in [0, 0.05) is 17.3 Å². The van der Waals surface area contributed by atoms with Crippen LogP contribution in [0.25, 0.3) is 0 Å². The summed E-state index contributed by atoms with van der Waals surface area (Å²) in [5.41, 5.74) is 5.59. The second kappa shape index (κ2) is 7.13. The first kappa shape index (κ1) is 19.1. The van der Waals surface area contributed by atoms with Gasteiger partial charge in [0.15, 0.2) is 5.78 Å². The molecule has 2 unspecified atom stereocenters. The average molecular weight is 352 g/mol. The summed E-state index contributed by atoms with van der Waals surface area (Å²) in [6.45, 7) is 13.5. The van der Waals surface area contributed by atoms with Crippen LogP contribution in [0.4, 0.5) is 0 Å². The molecular weight excluding hydrogens is 318 g/mol. The Bertz CT molecular complexity index is 766. The molecule has 0 radical (unpaired) electrons. The van der Waals surface area contributed by atoms with Crippen molar-refractivity contribution in [2.45, 2.75) is 73.1 Å². The molecule has 0 saturated heterocycles. The van der Waals surface area contributed by atoms with Crippen LogP contribution in [0.2, 0.25) is 0 Å². The van der Waals surface area contributed by atoms with E-state index in [-0.39, 0.29) is 11.7 Å². The maximum absolute atomic E-state index is 13.3. The van der Waals surface area contributed by atoms with Gasteiger partial charge in [0.2, 0.25) is 0 Å². The maximum atomic E-state index is 13.3. The van der Waals surface area contributed by atoms with Gasteiger partial charge in [0.1, 0.15) is 0 Å². The quantitative estimate of drug-likeness (QED) is 0.580. The Morgan fingerprint density at radius 3 is 2.65 bits per heavy atom. The molecule has 1 saturated carbocycles. The van der Waals surface area contributed by atoms with Gasteiger partial charge in [-0.1, -0.05) is 58.3 Å². The van der Waals surface area contributed by atoms with E-state index >= 15 is 0 Å². The van der Waals surface area contributed by atoms with Gasteiger partial charge in [0.25, 0.3) is 0 Å². The molecule has 1 aromatic heterocycles. The van der Waals surface area contributed by atoms with E-state index in [4.69, 9.17) is 0 Å². The minimum Gasteiger partial charge on any atom is -0.289 e. The van der Waals surface area contributed by atoms with Crippen LogP contribution in [-0.4, -0.2) is 10.8 Å². The smallest absolute Gasteiger partial charge is 0.194 e. The Hall–Kier alpha value is -1.70. The third kappa shape index (κ3) is 3.56. The highest BCUT2D eigenvalue weighted by Gasteiger charge is 2.38. The summed E-state index contributed by atoms with van der Waals surface area (Å²) < 4.78 is 0. The molecule has 0 aliphatic heterocycles. The Labute approximate surface area is 158 Å². The van der Waals surface area contributed by atoms with Crippen molar-refractivity contribution < 1.29 is 4.79 Å². The zero-order valence-electron chi connectivity index (χ0n) is 17.2. The van der Waals surface area contributed by atoms with E-state index in [2.05, 4.69) is 52.6 Å². The van der Waals surface area contributed by atoms with Crippen molar-refractivity contribution in [1.82, 2.24) is 4.98 Å². The number of rotatable bonds is 4. The van der Waals surface area contributed by atoms with Crippen LogP contribution in [-0.2, 0) is 0 Å². The zero-order chi connectivity index (χ0) is 19.1. The minimum absolute atomic E-state index is 0.149. The van der Waals surface area contributed by atoms with Crippen molar-refractivity contribution in [2.24, 2.45) is 17.3 Å². The molecule has 2 heteroatoms. The van der Waals surface area contributed by atoms with Crippen LogP contribution in [0, 0.1) is 17.3 Å². The Morgan fingerprint density at radius 1 is 1.27 bits per heavy atom. The molecule has 1 fully saturated rings. The van der Waals surface area contributed by atoms with Crippen LogP contribution in [0.15, 0.2) is 41.1 Å². The topological polar surface area (TPSA) is 30.0 Å². The number of nitrogens with zero attached hydrogens (tertiary/aromatic N) is 1. The number of carbonyl (C=O) groups excluding carboxylic acids is 1. The Kier molecular flexibility index (Phi) is 5.23. The fourth-order valence-electron chi connectivity index (χ4n) is 5.13. The summed E-state index contributed by atoms with van der Waals surface area (Å²) in [6.07, 6.45) is 8.79. The van der Waals surface area contributed by atoms with Crippen molar-refractivity contribution in [2.75, 3.05) is 0 Å². The summed E-state index contributed by atoms with van der Waals surface area (Å²) in [5, 5.41) is 0. The largest absolute Gasteiger partial charge is 0.289 e. The standard InChI is InChI=1S/C24H33NO/c1-15(2)22-19(8-7-11-25-22)23(26)20-13-18(12-17(20)4)21-10-9-16(3)14-24(21,5)6/h7-8,11,13,15-16,21H,9-10,12,14H2,1-6H3. The van der Waals surface area contributed by atoms with Gasteiger partial charge in [-0.3, -0.25) is 9.78 Å². The van der Waals surface area contributed by atoms with Crippen molar-refractivity contribution in [1.29, 1.82) is 0 Å². The summed E-state index contributed by atoms with van der Waals surface area (Å²) >= 11 is 0. The molecule has 0 aromatic carbocycles. The number of hydrogen-bond donors (Lipinski definition) is 0. The van der Waals surface area contributed by atoms with E-state index in [1.165, 1.54) is 30.4 Å². The summed E-state index contributed by atoms with van der Waals surface area (Å²) in [4.78, 5) is 17.8. The number of carbonyl (C=O) groups is 1. The first-order chi connectivity index (χ1) is 12.2. The summed E-state index contributed by atoms with van der Waals surface area (Å²) in [6, 6.07) is 3.81. The van der Waals surface area contributed by atoms with Gasteiger partial charge >= 0.3 is 0 Å². The zero-order valence-corrected chi connectivity index (χ0v) is 17.2. The van der Waals surface area contributed by atoms with Crippen molar-refractivity contribution >= 4 is 5.78 Å². The third-order valence-electron chi connectivity index (χ3n) is 6.35. The molecule has 26 heavy (non-hydrogen) atoms. The van der Waals surface area contributed by atoms with E-state index in [9.17, 15) is 4.79 Å². The van der Waals surface area contributed by atoms with Crippen molar-refractivity contribution in [3.05, 3.63) is 52.4 Å². The molecule has 3 rings (SSSR count). The highest BCUT2D eigenvalue weighted by atomic mass is 16.1. The number of ketones is 1. The second-order valence-corrected chi connectivity index (χ2v) is 9.44. The Morgan fingerprint density at radius 2 is 2.00 bits per heavy atom. The van der Waals surface area contributed by atoms with E-state index in [1.807, 2.05) is 12.1 Å². The third-order valence-corrected chi connectivity index (χ3v) is 6.35. The predicted octanol–water partition coefficient (Wildman–Crippen LogP) is 6.50. The SMILES string of the molecule is CC1=C(C(=O)c2cccnc2C(C)C)C=C(C2CCC(C)CC2(C)C)C1. The van der Waals surface area contributed by atoms with Crippen LogP contribution in [0.1, 0.15) is 89.2 Å². The van der Waals surface area contributed by atoms with E-state index in [1.54, 1.807) is 6.20 Å². The fraction of sp³-hybridized carbons (Fsp3) is 0.583. The van der Waals surface area contributed by atoms with Gasteiger partial charge in [-0.25, -0.2) is 0 Å². The predicted molar refractivity (Wildman–Crippen MR) is 108 cm³/mol.